The van der Waals surface area contributed by atoms with Crippen LogP contribution in [0, 0.1) is 0 Å². The molecule has 0 spiro atoms. The quantitative estimate of drug-likeness (QED) is 0.323. The Morgan fingerprint density at radius 1 is 1.18 bits per heavy atom. The number of nitrogens with one attached hydrogen (secondary N) is 1. The van der Waals surface area contributed by atoms with Crippen molar-refractivity contribution in [3.8, 4) is 17.2 Å². The minimum atomic E-state index is -0.291. The van der Waals surface area contributed by atoms with Crippen LogP contribution in [0.15, 0.2) is 70.7 Å². The molecular weight excluding hydrogens is 454 g/mol. The molecule has 4 aromatic rings. The third kappa shape index (κ3) is 4.49. The highest BCUT2D eigenvalue weighted by atomic mass is 32.2. The van der Waals surface area contributed by atoms with Gasteiger partial charge in [0.1, 0.15) is 12.0 Å². The second-order valence-electron chi connectivity index (χ2n) is 7.72. The first-order valence-corrected chi connectivity index (χ1v) is 11.9. The highest BCUT2D eigenvalue weighted by Gasteiger charge is 2.25. The van der Waals surface area contributed by atoms with Crippen LogP contribution >= 0.6 is 11.8 Å². The zero-order chi connectivity index (χ0) is 23.5. The number of likely N-dealkylation sites (N-methyl/N-ethyl adjacent to an activating group) is 1. The Morgan fingerprint density at radius 2 is 1.94 bits per heavy atom. The van der Waals surface area contributed by atoms with E-state index in [2.05, 4.69) is 15.1 Å². The monoisotopic (exact) mass is 477 g/mol. The van der Waals surface area contributed by atoms with Gasteiger partial charge < -0.3 is 19.4 Å². The summed E-state index contributed by atoms with van der Waals surface area (Å²) in [5.74, 6) is 1.45. The van der Waals surface area contributed by atoms with E-state index in [1.165, 1.54) is 18.0 Å². The maximum Gasteiger partial charge on any atom is 0.262 e. The third-order valence-corrected chi connectivity index (χ3v) is 6.33. The lowest BCUT2D eigenvalue weighted by Gasteiger charge is -2.30. The number of thioether (sulfide) groups is 1. The van der Waals surface area contributed by atoms with Crippen molar-refractivity contribution in [3.63, 3.8) is 0 Å². The molecule has 0 bridgehead atoms. The van der Waals surface area contributed by atoms with Gasteiger partial charge >= 0.3 is 0 Å². The fraction of sp³-hybridized carbons (Fsp3) is 0.250. The average Bonchev–Trinajstić information content (AvgIpc) is 3.31. The molecule has 0 aliphatic carbocycles. The number of hydrogen-bond donors (Lipinski definition) is 1. The second kappa shape index (κ2) is 9.60. The van der Waals surface area contributed by atoms with Gasteiger partial charge in [0.2, 0.25) is 5.91 Å². The van der Waals surface area contributed by atoms with E-state index in [0.717, 1.165) is 5.69 Å². The standard InChI is InChI=1S/C24H23N5O4S/c1-2-28(13-17-14-32-19-10-6-7-11-20(19)33-17)21(30)15-34-24-26-22-18(23(31)27-24)12-25-29(22)16-8-4-3-5-9-16/h3-12,17H,2,13-15H2,1H3,(H,26,27,31). The number of para-hydroxylation sites is 3. The molecule has 2 aromatic carbocycles. The van der Waals surface area contributed by atoms with Crippen LogP contribution in [0.4, 0.5) is 0 Å². The number of carbonyl (C=O) groups excluding carboxylic acids is 1. The van der Waals surface area contributed by atoms with Crippen molar-refractivity contribution >= 4 is 28.7 Å². The number of aromatic amines is 1. The molecule has 9 nitrogen and oxygen atoms in total. The maximum atomic E-state index is 12.9. The van der Waals surface area contributed by atoms with Crippen LogP contribution in [0.3, 0.4) is 0 Å². The van der Waals surface area contributed by atoms with Crippen molar-refractivity contribution in [2.24, 2.45) is 0 Å². The van der Waals surface area contributed by atoms with Gasteiger partial charge in [0.25, 0.3) is 5.56 Å². The van der Waals surface area contributed by atoms with Gasteiger partial charge in [-0.2, -0.15) is 5.10 Å². The lowest BCUT2D eigenvalue weighted by atomic mass is 10.2. The topological polar surface area (TPSA) is 102 Å². The molecule has 1 aliphatic heterocycles. The Bertz CT molecular complexity index is 1370. The summed E-state index contributed by atoms with van der Waals surface area (Å²) in [7, 11) is 0. The molecule has 0 fully saturated rings. The number of benzene rings is 2. The highest BCUT2D eigenvalue weighted by Crippen LogP contribution is 2.31. The predicted octanol–water partition coefficient (Wildman–Crippen LogP) is 2.89. The summed E-state index contributed by atoms with van der Waals surface area (Å²) < 4.78 is 13.4. The number of amides is 1. The molecular formula is C24H23N5O4S. The molecule has 3 heterocycles. The Kier molecular flexibility index (Phi) is 6.22. The fourth-order valence-electron chi connectivity index (χ4n) is 3.75. The molecule has 1 atom stereocenters. The van der Waals surface area contributed by atoms with Crippen molar-refractivity contribution < 1.29 is 14.3 Å². The number of hydrogen-bond acceptors (Lipinski definition) is 7. The van der Waals surface area contributed by atoms with Crippen LogP contribution in [0.25, 0.3) is 16.7 Å². The van der Waals surface area contributed by atoms with E-state index in [4.69, 9.17) is 9.47 Å². The summed E-state index contributed by atoms with van der Waals surface area (Å²) in [5, 5.41) is 5.07. The van der Waals surface area contributed by atoms with E-state index >= 15 is 0 Å². The first-order valence-electron chi connectivity index (χ1n) is 10.9. The summed E-state index contributed by atoms with van der Waals surface area (Å²) in [6.45, 7) is 3.24. The maximum absolute atomic E-state index is 12.9. The van der Waals surface area contributed by atoms with Crippen LogP contribution in [0.5, 0.6) is 11.5 Å². The number of aromatic nitrogens is 4. The lowest BCUT2D eigenvalue weighted by Crippen LogP contribution is -2.44. The molecule has 0 saturated heterocycles. The van der Waals surface area contributed by atoms with Gasteiger partial charge in [0.15, 0.2) is 28.4 Å². The number of nitrogens with zero attached hydrogens (tertiary/aromatic N) is 4. The molecule has 1 N–H and O–H groups in total. The normalized spacial score (nSPS) is 14.8. The van der Waals surface area contributed by atoms with Gasteiger partial charge in [0.05, 0.1) is 24.2 Å². The van der Waals surface area contributed by atoms with E-state index in [1.807, 2.05) is 61.5 Å². The van der Waals surface area contributed by atoms with Gasteiger partial charge in [-0.1, -0.05) is 42.1 Å². The summed E-state index contributed by atoms with van der Waals surface area (Å²) in [6.07, 6.45) is 1.25. The first kappa shape index (κ1) is 22.0. The lowest BCUT2D eigenvalue weighted by molar-refractivity contribution is -0.129. The number of H-pyrrole nitrogens is 1. The molecule has 2 aromatic heterocycles. The van der Waals surface area contributed by atoms with Crippen molar-refractivity contribution in [1.29, 1.82) is 0 Å². The number of rotatable bonds is 7. The van der Waals surface area contributed by atoms with Crippen molar-refractivity contribution in [2.75, 3.05) is 25.4 Å². The zero-order valence-electron chi connectivity index (χ0n) is 18.5. The second-order valence-corrected chi connectivity index (χ2v) is 8.68. The van der Waals surface area contributed by atoms with Crippen LogP contribution in [0.1, 0.15) is 6.92 Å². The van der Waals surface area contributed by atoms with Crippen molar-refractivity contribution in [3.05, 3.63) is 71.1 Å². The Labute approximate surface area is 199 Å². The highest BCUT2D eigenvalue weighted by molar-refractivity contribution is 7.99. The van der Waals surface area contributed by atoms with Gasteiger partial charge in [-0.05, 0) is 31.2 Å². The van der Waals surface area contributed by atoms with Crippen LogP contribution in [-0.4, -0.2) is 62.1 Å². The van der Waals surface area contributed by atoms with Crippen LogP contribution in [-0.2, 0) is 4.79 Å². The predicted molar refractivity (Wildman–Crippen MR) is 129 cm³/mol. The van der Waals surface area contributed by atoms with Gasteiger partial charge in [-0.3, -0.25) is 9.59 Å². The molecule has 1 unspecified atom stereocenters. The molecule has 1 aliphatic rings. The largest absolute Gasteiger partial charge is 0.486 e. The van der Waals surface area contributed by atoms with Crippen LogP contribution in [0.2, 0.25) is 0 Å². The molecule has 0 radical (unpaired) electrons. The van der Waals surface area contributed by atoms with Crippen molar-refractivity contribution in [2.45, 2.75) is 18.2 Å². The Balaban J connectivity index is 1.27. The van der Waals surface area contributed by atoms with E-state index in [9.17, 15) is 9.59 Å². The smallest absolute Gasteiger partial charge is 0.262 e. The SMILES string of the molecule is CCN(CC1COc2ccccc2O1)C(=O)CSc1nc2c(cnn2-c2ccccc2)c(=O)[nH]1. The van der Waals surface area contributed by atoms with Gasteiger partial charge in [-0.25, -0.2) is 9.67 Å². The molecule has 34 heavy (non-hydrogen) atoms. The average molecular weight is 478 g/mol. The van der Waals surface area contributed by atoms with Crippen LogP contribution < -0.4 is 15.0 Å². The molecule has 174 valence electrons. The van der Waals surface area contributed by atoms with E-state index < -0.39 is 0 Å². The molecule has 0 saturated carbocycles. The summed E-state index contributed by atoms with van der Waals surface area (Å²) in [5.41, 5.74) is 0.959. The third-order valence-electron chi connectivity index (χ3n) is 5.48. The first-order chi connectivity index (χ1) is 16.6. The van der Waals surface area contributed by atoms with Gasteiger partial charge in [-0.15, -0.1) is 0 Å². The van der Waals surface area contributed by atoms with Crippen molar-refractivity contribution in [1.82, 2.24) is 24.6 Å². The number of fused-ring (bicyclic) bond motifs is 2. The molecule has 10 heteroatoms. The van der Waals surface area contributed by atoms with Gasteiger partial charge in [0, 0.05) is 6.54 Å². The summed E-state index contributed by atoms with van der Waals surface area (Å²) >= 11 is 1.19. The molecule has 5 rings (SSSR count). The Hall–Kier alpha value is -3.79. The minimum absolute atomic E-state index is 0.0747. The minimum Gasteiger partial charge on any atom is -0.486 e. The summed E-state index contributed by atoms with van der Waals surface area (Å²) in [4.78, 5) is 34.5. The number of ether oxygens (including phenoxy) is 2. The molecule has 1 amide bonds. The summed E-state index contributed by atoms with van der Waals surface area (Å²) in [6, 6.07) is 17.0. The van der Waals surface area contributed by atoms with E-state index in [0.29, 0.717) is 47.4 Å². The van der Waals surface area contributed by atoms with E-state index in [1.54, 1.807) is 9.58 Å². The number of carbonyl (C=O) groups is 1. The fourth-order valence-corrected chi connectivity index (χ4v) is 4.51. The van der Waals surface area contributed by atoms with E-state index in [-0.39, 0.29) is 23.3 Å². The zero-order valence-corrected chi connectivity index (χ0v) is 19.3. The Morgan fingerprint density at radius 3 is 2.74 bits per heavy atom.